The molecule has 118 valence electrons. The van der Waals surface area contributed by atoms with E-state index in [1.54, 1.807) is 11.1 Å². The van der Waals surface area contributed by atoms with Crippen molar-refractivity contribution >= 4 is 15.9 Å². The number of aryl methyl sites for hydroxylation is 1. The summed E-state index contributed by atoms with van der Waals surface area (Å²) >= 11 is 3.84. The predicted molar refractivity (Wildman–Crippen MR) is 97.5 cm³/mol. The first-order valence-corrected chi connectivity index (χ1v) is 10.1. The molecule has 0 N–H and O–H groups in total. The van der Waals surface area contributed by atoms with E-state index < -0.39 is 0 Å². The molecule has 0 heterocycles. The molecule has 0 radical (unpaired) electrons. The van der Waals surface area contributed by atoms with Gasteiger partial charge >= 0.3 is 0 Å². The monoisotopic (exact) mass is 350 g/mol. The molecule has 1 aromatic carbocycles. The van der Waals surface area contributed by atoms with Gasteiger partial charge in [0.2, 0.25) is 0 Å². The van der Waals surface area contributed by atoms with E-state index >= 15 is 0 Å². The van der Waals surface area contributed by atoms with E-state index in [9.17, 15) is 0 Å². The number of rotatable bonds is 9. The van der Waals surface area contributed by atoms with E-state index in [1.165, 1.54) is 70.6 Å². The number of unbranched alkanes of at least 4 members (excludes halogenated alkanes) is 6. The molecule has 0 bridgehead atoms. The zero-order valence-corrected chi connectivity index (χ0v) is 15.3. The van der Waals surface area contributed by atoms with Crippen LogP contribution in [0.1, 0.15) is 82.3 Å². The van der Waals surface area contributed by atoms with Crippen LogP contribution in [-0.2, 0) is 11.8 Å². The van der Waals surface area contributed by atoms with Crippen LogP contribution >= 0.6 is 15.9 Å². The van der Waals surface area contributed by atoms with Crippen molar-refractivity contribution in [3.63, 3.8) is 0 Å². The predicted octanol–water partition coefficient (Wildman–Crippen LogP) is 6.80. The molecule has 0 fully saturated rings. The number of halogens is 1. The number of alkyl halides is 1. The van der Waals surface area contributed by atoms with Gasteiger partial charge in [-0.05, 0) is 36.8 Å². The Morgan fingerprint density at radius 2 is 1.71 bits per heavy atom. The van der Waals surface area contributed by atoms with Gasteiger partial charge in [-0.1, -0.05) is 92.1 Å². The SMILES string of the molecule is CCCCCCCCCC1(CBr)CCCc2ccccc21. The van der Waals surface area contributed by atoms with Crippen molar-refractivity contribution in [1.82, 2.24) is 0 Å². The van der Waals surface area contributed by atoms with E-state index in [-0.39, 0.29) is 0 Å². The minimum Gasteiger partial charge on any atom is -0.0918 e. The third kappa shape index (κ3) is 4.58. The van der Waals surface area contributed by atoms with E-state index in [0.29, 0.717) is 5.41 Å². The second-order valence-electron chi connectivity index (χ2n) is 6.80. The number of fused-ring (bicyclic) bond motifs is 1. The fourth-order valence-corrected chi connectivity index (χ4v) is 4.76. The van der Waals surface area contributed by atoms with Crippen molar-refractivity contribution in [1.29, 1.82) is 0 Å². The van der Waals surface area contributed by atoms with Crippen LogP contribution in [0.4, 0.5) is 0 Å². The number of hydrogen-bond acceptors (Lipinski definition) is 0. The Kier molecular flexibility index (Phi) is 7.29. The maximum atomic E-state index is 3.84. The molecule has 1 unspecified atom stereocenters. The normalized spacial score (nSPS) is 21.2. The van der Waals surface area contributed by atoms with Crippen LogP contribution in [0.5, 0.6) is 0 Å². The third-order valence-electron chi connectivity index (χ3n) is 5.20. The highest BCUT2D eigenvalue weighted by atomic mass is 79.9. The smallest absolute Gasteiger partial charge is 0.0129 e. The summed E-state index contributed by atoms with van der Waals surface area (Å²) in [6, 6.07) is 9.16. The van der Waals surface area contributed by atoms with Gasteiger partial charge < -0.3 is 0 Å². The first-order chi connectivity index (χ1) is 10.3. The molecule has 1 aliphatic carbocycles. The highest BCUT2D eigenvalue weighted by Gasteiger charge is 2.34. The standard InChI is InChI=1S/C20H31Br/c1-2-3-4-5-6-7-10-15-20(17-21)16-11-13-18-12-8-9-14-19(18)20/h8-9,12,14H,2-7,10-11,13,15-17H2,1H3. The van der Waals surface area contributed by atoms with E-state index in [4.69, 9.17) is 0 Å². The fraction of sp³-hybridized carbons (Fsp3) is 0.700. The molecule has 0 amide bonds. The average molecular weight is 351 g/mol. The summed E-state index contributed by atoms with van der Waals surface area (Å²) < 4.78 is 0. The van der Waals surface area contributed by atoms with Crippen LogP contribution in [0.15, 0.2) is 24.3 Å². The quantitative estimate of drug-likeness (QED) is 0.339. The molecule has 1 atom stereocenters. The first-order valence-electron chi connectivity index (χ1n) is 8.97. The van der Waals surface area contributed by atoms with Crippen LogP contribution in [0.25, 0.3) is 0 Å². The summed E-state index contributed by atoms with van der Waals surface area (Å²) in [4.78, 5) is 0. The Bertz CT molecular complexity index is 412. The van der Waals surface area contributed by atoms with Gasteiger partial charge in [-0.15, -0.1) is 0 Å². The van der Waals surface area contributed by atoms with Crippen molar-refractivity contribution in [2.75, 3.05) is 5.33 Å². The lowest BCUT2D eigenvalue weighted by Gasteiger charge is -2.38. The molecular weight excluding hydrogens is 320 g/mol. The lowest BCUT2D eigenvalue weighted by atomic mass is 9.68. The summed E-state index contributed by atoms with van der Waals surface area (Å²) in [5.74, 6) is 0. The van der Waals surface area contributed by atoms with E-state index in [1.807, 2.05) is 0 Å². The Morgan fingerprint density at radius 1 is 1.00 bits per heavy atom. The van der Waals surface area contributed by atoms with Crippen molar-refractivity contribution in [3.8, 4) is 0 Å². The molecule has 0 saturated carbocycles. The zero-order valence-electron chi connectivity index (χ0n) is 13.7. The lowest BCUT2D eigenvalue weighted by molar-refractivity contribution is 0.359. The minimum atomic E-state index is 0.415. The Hall–Kier alpha value is -0.300. The molecule has 1 heteroatoms. The van der Waals surface area contributed by atoms with Gasteiger partial charge in [-0.2, -0.15) is 0 Å². The molecular formula is C20H31Br. The van der Waals surface area contributed by atoms with Crippen LogP contribution < -0.4 is 0 Å². The van der Waals surface area contributed by atoms with E-state index in [2.05, 4.69) is 47.1 Å². The van der Waals surface area contributed by atoms with Gasteiger partial charge in [-0.3, -0.25) is 0 Å². The van der Waals surface area contributed by atoms with Crippen LogP contribution in [-0.4, -0.2) is 5.33 Å². The van der Waals surface area contributed by atoms with Gasteiger partial charge in [0.25, 0.3) is 0 Å². The third-order valence-corrected chi connectivity index (χ3v) is 6.28. The van der Waals surface area contributed by atoms with Gasteiger partial charge in [0.1, 0.15) is 0 Å². The van der Waals surface area contributed by atoms with E-state index in [0.717, 1.165) is 5.33 Å². The zero-order chi connectivity index (χ0) is 15.0. The molecule has 1 aliphatic rings. The molecule has 2 rings (SSSR count). The molecule has 0 saturated heterocycles. The lowest BCUT2D eigenvalue weighted by Crippen LogP contribution is -2.32. The van der Waals surface area contributed by atoms with Crippen molar-refractivity contribution in [3.05, 3.63) is 35.4 Å². The molecule has 0 spiro atoms. The van der Waals surface area contributed by atoms with Crippen molar-refractivity contribution < 1.29 is 0 Å². The van der Waals surface area contributed by atoms with Crippen LogP contribution in [0, 0.1) is 0 Å². The average Bonchev–Trinajstić information content (AvgIpc) is 2.54. The molecule has 1 aromatic rings. The minimum absolute atomic E-state index is 0.415. The Morgan fingerprint density at radius 3 is 2.48 bits per heavy atom. The van der Waals surface area contributed by atoms with Crippen molar-refractivity contribution in [2.24, 2.45) is 0 Å². The molecule has 21 heavy (non-hydrogen) atoms. The highest BCUT2D eigenvalue weighted by molar-refractivity contribution is 9.09. The summed E-state index contributed by atoms with van der Waals surface area (Å²) in [6.45, 7) is 2.29. The number of benzene rings is 1. The topological polar surface area (TPSA) is 0 Å². The van der Waals surface area contributed by atoms with Crippen LogP contribution in [0.2, 0.25) is 0 Å². The molecule has 0 aromatic heterocycles. The molecule has 0 nitrogen and oxygen atoms in total. The molecule has 0 aliphatic heterocycles. The van der Waals surface area contributed by atoms with Gasteiger partial charge in [0.15, 0.2) is 0 Å². The second kappa shape index (κ2) is 8.98. The first kappa shape index (κ1) is 17.1. The van der Waals surface area contributed by atoms with Gasteiger partial charge in [0.05, 0.1) is 0 Å². The summed E-state index contributed by atoms with van der Waals surface area (Å²) in [5, 5.41) is 1.13. The summed E-state index contributed by atoms with van der Waals surface area (Å²) in [6.07, 6.45) is 15.2. The van der Waals surface area contributed by atoms with Crippen LogP contribution in [0.3, 0.4) is 0 Å². The van der Waals surface area contributed by atoms with Gasteiger partial charge in [0, 0.05) is 10.7 Å². The fourth-order valence-electron chi connectivity index (χ4n) is 3.89. The second-order valence-corrected chi connectivity index (χ2v) is 7.36. The Labute approximate surface area is 139 Å². The maximum absolute atomic E-state index is 3.84. The summed E-state index contributed by atoms with van der Waals surface area (Å²) in [5.41, 5.74) is 3.66. The summed E-state index contributed by atoms with van der Waals surface area (Å²) in [7, 11) is 0. The van der Waals surface area contributed by atoms with Gasteiger partial charge in [-0.25, -0.2) is 0 Å². The largest absolute Gasteiger partial charge is 0.0918 e. The van der Waals surface area contributed by atoms with Crippen molar-refractivity contribution in [2.45, 2.75) is 83.0 Å². The maximum Gasteiger partial charge on any atom is 0.0129 e. The Balaban J connectivity index is 1.85. The highest BCUT2D eigenvalue weighted by Crippen LogP contribution is 2.42. The number of hydrogen-bond donors (Lipinski definition) is 0.